The quantitative estimate of drug-likeness (QED) is 0.772. The van der Waals surface area contributed by atoms with E-state index in [4.69, 9.17) is 23.2 Å². The number of hydrogen-bond acceptors (Lipinski definition) is 1. The summed E-state index contributed by atoms with van der Waals surface area (Å²) in [6.45, 7) is 4.50. The van der Waals surface area contributed by atoms with Crippen molar-refractivity contribution in [3.63, 3.8) is 0 Å². The fourth-order valence-corrected chi connectivity index (χ4v) is 2.39. The van der Waals surface area contributed by atoms with E-state index >= 15 is 0 Å². The van der Waals surface area contributed by atoms with Crippen molar-refractivity contribution in [2.75, 3.05) is 0 Å². The highest BCUT2D eigenvalue weighted by molar-refractivity contribution is 6.42. The van der Waals surface area contributed by atoms with Gasteiger partial charge >= 0.3 is 0 Å². The number of halogens is 2. The minimum atomic E-state index is 0.0108. The van der Waals surface area contributed by atoms with Gasteiger partial charge in [-0.25, -0.2) is 0 Å². The van der Waals surface area contributed by atoms with Gasteiger partial charge in [0, 0.05) is 18.2 Å². The van der Waals surface area contributed by atoms with Crippen LogP contribution in [0, 0.1) is 0 Å². The second-order valence-electron chi connectivity index (χ2n) is 5.14. The van der Waals surface area contributed by atoms with E-state index in [1.165, 1.54) is 0 Å². The molecular formula is C17H17Cl2NO. The van der Waals surface area contributed by atoms with Gasteiger partial charge < -0.3 is 4.90 Å². The molecule has 0 heterocycles. The Hall–Kier alpha value is -1.51. The molecule has 1 amide bonds. The molecule has 0 aliphatic rings. The van der Waals surface area contributed by atoms with Crippen LogP contribution in [-0.4, -0.2) is 16.8 Å². The lowest BCUT2D eigenvalue weighted by atomic mass is 10.1. The minimum Gasteiger partial charge on any atom is -0.332 e. The predicted octanol–water partition coefficient (Wildman–Crippen LogP) is 5.04. The van der Waals surface area contributed by atoms with Crippen LogP contribution >= 0.6 is 23.2 Å². The van der Waals surface area contributed by atoms with Gasteiger partial charge in [-0.1, -0.05) is 47.5 Å². The highest BCUT2D eigenvalue weighted by atomic mass is 35.5. The molecular weight excluding hydrogens is 305 g/mol. The van der Waals surface area contributed by atoms with Crippen molar-refractivity contribution >= 4 is 29.1 Å². The molecule has 0 aromatic heterocycles. The van der Waals surface area contributed by atoms with E-state index < -0.39 is 0 Å². The van der Waals surface area contributed by atoms with Crippen molar-refractivity contribution in [2.24, 2.45) is 0 Å². The van der Waals surface area contributed by atoms with Gasteiger partial charge in [0.2, 0.25) is 0 Å². The number of carbonyl (C=O) groups excluding carboxylic acids is 1. The molecule has 2 aromatic rings. The lowest BCUT2D eigenvalue weighted by Crippen LogP contribution is -2.36. The molecule has 21 heavy (non-hydrogen) atoms. The van der Waals surface area contributed by atoms with Crippen LogP contribution in [-0.2, 0) is 6.54 Å². The van der Waals surface area contributed by atoms with Crippen LogP contribution in [0.2, 0.25) is 10.0 Å². The number of benzene rings is 2. The molecule has 0 atom stereocenters. The summed E-state index contributed by atoms with van der Waals surface area (Å²) < 4.78 is 0. The van der Waals surface area contributed by atoms with E-state index in [-0.39, 0.29) is 11.9 Å². The monoisotopic (exact) mass is 321 g/mol. The maximum absolute atomic E-state index is 12.6. The molecule has 0 N–H and O–H groups in total. The van der Waals surface area contributed by atoms with Crippen LogP contribution in [0.3, 0.4) is 0 Å². The van der Waals surface area contributed by atoms with Crippen molar-refractivity contribution in [1.82, 2.24) is 4.90 Å². The van der Waals surface area contributed by atoms with E-state index in [0.717, 1.165) is 5.56 Å². The topological polar surface area (TPSA) is 20.3 Å². The van der Waals surface area contributed by atoms with Crippen LogP contribution in [0.15, 0.2) is 48.5 Å². The van der Waals surface area contributed by atoms with Crippen molar-refractivity contribution in [3.05, 3.63) is 69.7 Å². The third-order valence-electron chi connectivity index (χ3n) is 3.24. The number of amides is 1. The highest BCUT2D eigenvalue weighted by Crippen LogP contribution is 2.24. The molecule has 0 saturated carbocycles. The largest absolute Gasteiger partial charge is 0.332 e. The lowest BCUT2D eigenvalue weighted by molar-refractivity contribution is 0.0690. The maximum atomic E-state index is 12.6. The van der Waals surface area contributed by atoms with Gasteiger partial charge in [0.1, 0.15) is 0 Å². The third kappa shape index (κ3) is 3.99. The molecule has 110 valence electrons. The van der Waals surface area contributed by atoms with Gasteiger partial charge in [0.15, 0.2) is 0 Å². The number of carbonyl (C=O) groups is 1. The van der Waals surface area contributed by atoms with E-state index in [1.807, 2.05) is 55.1 Å². The SMILES string of the molecule is CC(C)N(Cc1ccc(Cl)c(Cl)c1)C(=O)c1ccccc1. The van der Waals surface area contributed by atoms with Gasteiger partial charge in [0.25, 0.3) is 5.91 Å². The normalized spacial score (nSPS) is 10.7. The summed E-state index contributed by atoms with van der Waals surface area (Å²) in [6, 6.07) is 14.8. The van der Waals surface area contributed by atoms with Gasteiger partial charge in [-0.3, -0.25) is 4.79 Å². The zero-order valence-corrected chi connectivity index (χ0v) is 13.5. The van der Waals surface area contributed by atoms with Crippen LogP contribution < -0.4 is 0 Å². The predicted molar refractivity (Wildman–Crippen MR) is 87.9 cm³/mol. The second kappa shape index (κ2) is 6.97. The Morgan fingerprint density at radius 2 is 1.71 bits per heavy atom. The van der Waals surface area contributed by atoms with Gasteiger partial charge in [-0.2, -0.15) is 0 Å². The Kier molecular flexibility index (Phi) is 5.27. The lowest BCUT2D eigenvalue weighted by Gasteiger charge is -2.27. The molecule has 0 aliphatic heterocycles. The first-order valence-electron chi connectivity index (χ1n) is 6.79. The molecule has 0 saturated heterocycles. The molecule has 2 nitrogen and oxygen atoms in total. The van der Waals surface area contributed by atoms with Crippen LogP contribution in [0.5, 0.6) is 0 Å². The Labute approximate surface area is 135 Å². The average molecular weight is 322 g/mol. The molecule has 0 unspecified atom stereocenters. The minimum absolute atomic E-state index is 0.0108. The fraction of sp³-hybridized carbons (Fsp3) is 0.235. The molecule has 2 rings (SSSR count). The standard InChI is InChI=1S/C17H17Cl2NO/c1-12(2)20(17(21)14-6-4-3-5-7-14)11-13-8-9-15(18)16(19)10-13/h3-10,12H,11H2,1-2H3. The summed E-state index contributed by atoms with van der Waals surface area (Å²) in [4.78, 5) is 14.4. The van der Waals surface area contributed by atoms with Crippen molar-refractivity contribution in [2.45, 2.75) is 26.4 Å². The summed E-state index contributed by atoms with van der Waals surface area (Å²) in [5, 5.41) is 1.02. The zero-order valence-electron chi connectivity index (χ0n) is 12.0. The van der Waals surface area contributed by atoms with Gasteiger partial charge in [0.05, 0.1) is 10.0 Å². The highest BCUT2D eigenvalue weighted by Gasteiger charge is 2.19. The van der Waals surface area contributed by atoms with Crippen molar-refractivity contribution < 1.29 is 4.79 Å². The van der Waals surface area contributed by atoms with Crippen LogP contribution in [0.4, 0.5) is 0 Å². The molecule has 2 aromatic carbocycles. The molecule has 0 fully saturated rings. The fourth-order valence-electron chi connectivity index (χ4n) is 2.07. The summed E-state index contributed by atoms with van der Waals surface area (Å²) in [5.74, 6) is 0.0108. The van der Waals surface area contributed by atoms with E-state index in [2.05, 4.69) is 0 Å². The van der Waals surface area contributed by atoms with Crippen LogP contribution in [0.1, 0.15) is 29.8 Å². The summed E-state index contributed by atoms with van der Waals surface area (Å²) >= 11 is 12.0. The number of nitrogens with zero attached hydrogens (tertiary/aromatic N) is 1. The molecule has 0 bridgehead atoms. The third-order valence-corrected chi connectivity index (χ3v) is 3.98. The van der Waals surface area contributed by atoms with E-state index in [9.17, 15) is 4.79 Å². The summed E-state index contributed by atoms with van der Waals surface area (Å²) in [6.07, 6.45) is 0. The number of hydrogen-bond donors (Lipinski definition) is 0. The Morgan fingerprint density at radius 3 is 2.29 bits per heavy atom. The van der Waals surface area contributed by atoms with E-state index in [0.29, 0.717) is 22.2 Å². The molecule has 4 heteroatoms. The number of rotatable bonds is 4. The first-order chi connectivity index (χ1) is 9.99. The Morgan fingerprint density at radius 1 is 1.05 bits per heavy atom. The summed E-state index contributed by atoms with van der Waals surface area (Å²) in [5.41, 5.74) is 1.65. The molecule has 0 radical (unpaired) electrons. The maximum Gasteiger partial charge on any atom is 0.254 e. The van der Waals surface area contributed by atoms with Crippen LogP contribution in [0.25, 0.3) is 0 Å². The zero-order chi connectivity index (χ0) is 15.4. The average Bonchev–Trinajstić information content (AvgIpc) is 2.48. The smallest absolute Gasteiger partial charge is 0.254 e. The first-order valence-corrected chi connectivity index (χ1v) is 7.54. The van der Waals surface area contributed by atoms with Crippen molar-refractivity contribution in [3.8, 4) is 0 Å². The first kappa shape index (κ1) is 15.9. The van der Waals surface area contributed by atoms with Gasteiger partial charge in [-0.05, 0) is 43.7 Å². The van der Waals surface area contributed by atoms with Crippen molar-refractivity contribution in [1.29, 1.82) is 0 Å². The second-order valence-corrected chi connectivity index (χ2v) is 5.96. The summed E-state index contributed by atoms with van der Waals surface area (Å²) in [7, 11) is 0. The van der Waals surface area contributed by atoms with Gasteiger partial charge in [-0.15, -0.1) is 0 Å². The molecule has 0 aliphatic carbocycles. The Bertz CT molecular complexity index is 626. The van der Waals surface area contributed by atoms with E-state index in [1.54, 1.807) is 12.1 Å². The Balaban J connectivity index is 2.23. The molecule has 0 spiro atoms.